The van der Waals surface area contributed by atoms with Crippen LogP contribution in [0.15, 0.2) is 70.0 Å². The van der Waals surface area contributed by atoms with Crippen LogP contribution in [0.4, 0.5) is 5.69 Å². The van der Waals surface area contributed by atoms with Crippen molar-refractivity contribution in [3.05, 3.63) is 91.9 Å². The summed E-state index contributed by atoms with van der Waals surface area (Å²) in [6, 6.07) is 19.3. The summed E-state index contributed by atoms with van der Waals surface area (Å²) in [6.45, 7) is 0.799. The van der Waals surface area contributed by atoms with Gasteiger partial charge in [-0.25, -0.2) is 4.79 Å². The lowest BCUT2D eigenvalue weighted by atomic mass is 10.1. The molecule has 0 fully saturated rings. The smallest absolute Gasteiger partial charge is 0.338 e. The van der Waals surface area contributed by atoms with E-state index in [1.165, 1.54) is 0 Å². The number of cyclic esters (lactones) is 1. The summed E-state index contributed by atoms with van der Waals surface area (Å²) in [5, 5.41) is 1.21. The largest absolute Gasteiger partial charge is 0.457 e. The van der Waals surface area contributed by atoms with E-state index in [0.717, 1.165) is 26.2 Å². The molecule has 28 heavy (non-hydrogen) atoms. The highest BCUT2D eigenvalue weighted by Gasteiger charge is 2.23. The zero-order valence-electron chi connectivity index (χ0n) is 14.5. The van der Waals surface area contributed by atoms with E-state index in [1.807, 2.05) is 60.7 Å². The highest BCUT2D eigenvalue weighted by Crippen LogP contribution is 2.37. The van der Waals surface area contributed by atoms with Crippen LogP contribution in [-0.2, 0) is 17.9 Å². The number of nitrogens with zero attached hydrogens (tertiary/aromatic N) is 1. The van der Waals surface area contributed by atoms with Gasteiger partial charge >= 0.3 is 5.97 Å². The van der Waals surface area contributed by atoms with Crippen LogP contribution in [0.3, 0.4) is 0 Å². The van der Waals surface area contributed by atoms with Crippen molar-refractivity contribution >= 4 is 62.7 Å². The van der Waals surface area contributed by atoms with Gasteiger partial charge in [-0.05, 0) is 54.4 Å². The Labute approximate surface area is 185 Å². The Bertz CT molecular complexity index is 1040. The third-order valence-corrected chi connectivity index (χ3v) is 6.56. The van der Waals surface area contributed by atoms with Gasteiger partial charge in [0.1, 0.15) is 6.61 Å². The van der Waals surface area contributed by atoms with Crippen LogP contribution in [0.2, 0.25) is 10.0 Å². The molecule has 1 aliphatic rings. The van der Waals surface area contributed by atoms with Crippen LogP contribution in [0.5, 0.6) is 0 Å². The fourth-order valence-electron chi connectivity index (χ4n) is 2.91. The highest BCUT2D eigenvalue weighted by atomic mass is 79.9. The van der Waals surface area contributed by atoms with Crippen molar-refractivity contribution in [3.8, 4) is 0 Å². The molecule has 0 bridgehead atoms. The number of halogens is 3. The molecule has 0 aliphatic carbocycles. The zero-order chi connectivity index (χ0) is 19.7. The number of fused-ring (bicyclic) bond motifs is 1. The van der Waals surface area contributed by atoms with E-state index in [1.54, 1.807) is 11.9 Å². The normalized spacial score (nSPS) is 12.6. The number of esters is 1. The van der Waals surface area contributed by atoms with Crippen molar-refractivity contribution in [2.45, 2.75) is 18.0 Å². The summed E-state index contributed by atoms with van der Waals surface area (Å²) in [5.74, 6) is -0.292. The fourth-order valence-corrected chi connectivity index (χ4v) is 4.96. The SMILES string of the molecule is O=C1OCc2ccc(N(Cc3c(Cl)cccc3Cl)Sc3cccc(Br)c3)cc21. The molecule has 1 heterocycles. The Kier molecular flexibility index (Phi) is 5.88. The molecular formula is C21H14BrCl2NO2S. The van der Waals surface area contributed by atoms with Gasteiger partial charge in [-0.15, -0.1) is 0 Å². The lowest BCUT2D eigenvalue weighted by molar-refractivity contribution is 0.0535. The van der Waals surface area contributed by atoms with Gasteiger partial charge in [0.05, 0.1) is 12.1 Å². The fraction of sp³-hybridized carbons (Fsp3) is 0.0952. The maximum atomic E-state index is 12.0. The van der Waals surface area contributed by atoms with Crippen LogP contribution in [0.25, 0.3) is 0 Å². The topological polar surface area (TPSA) is 29.5 Å². The summed E-state index contributed by atoms with van der Waals surface area (Å²) in [7, 11) is 0. The van der Waals surface area contributed by atoms with Gasteiger partial charge < -0.3 is 9.04 Å². The van der Waals surface area contributed by atoms with Gasteiger partial charge in [0.2, 0.25) is 0 Å². The Balaban J connectivity index is 1.73. The Morgan fingerprint density at radius 1 is 1.04 bits per heavy atom. The van der Waals surface area contributed by atoms with Crippen LogP contribution in [-0.4, -0.2) is 5.97 Å². The molecule has 3 aromatic carbocycles. The van der Waals surface area contributed by atoms with Crippen molar-refractivity contribution in [1.29, 1.82) is 0 Å². The molecule has 0 atom stereocenters. The van der Waals surface area contributed by atoms with Gasteiger partial charge in [0.15, 0.2) is 0 Å². The molecule has 0 N–H and O–H groups in total. The third kappa shape index (κ3) is 4.18. The third-order valence-electron chi connectivity index (χ3n) is 4.34. The van der Waals surface area contributed by atoms with E-state index in [2.05, 4.69) is 20.2 Å². The maximum Gasteiger partial charge on any atom is 0.338 e. The van der Waals surface area contributed by atoms with Gasteiger partial charge in [-0.2, -0.15) is 0 Å². The first kappa shape index (κ1) is 19.6. The van der Waals surface area contributed by atoms with Crippen molar-refractivity contribution in [2.24, 2.45) is 0 Å². The second-order valence-electron chi connectivity index (χ2n) is 6.20. The molecule has 0 aromatic heterocycles. The Morgan fingerprint density at radius 2 is 1.79 bits per heavy atom. The second-order valence-corrected chi connectivity index (χ2v) is 9.03. The number of anilines is 1. The monoisotopic (exact) mass is 493 g/mol. The number of rotatable bonds is 5. The predicted octanol–water partition coefficient (Wildman–Crippen LogP) is 7.14. The van der Waals surface area contributed by atoms with Crippen LogP contribution >= 0.6 is 51.1 Å². The predicted molar refractivity (Wildman–Crippen MR) is 118 cm³/mol. The van der Waals surface area contributed by atoms with Crippen molar-refractivity contribution in [1.82, 2.24) is 0 Å². The molecule has 3 aromatic rings. The summed E-state index contributed by atoms with van der Waals surface area (Å²) in [4.78, 5) is 13.1. The zero-order valence-corrected chi connectivity index (χ0v) is 18.4. The summed E-state index contributed by atoms with van der Waals surface area (Å²) < 4.78 is 8.20. The number of benzene rings is 3. The first-order valence-electron chi connectivity index (χ1n) is 8.45. The molecule has 0 saturated heterocycles. The molecule has 0 spiro atoms. The van der Waals surface area contributed by atoms with Gasteiger partial charge in [0, 0.05) is 36.2 Å². The van der Waals surface area contributed by atoms with E-state index in [9.17, 15) is 4.79 Å². The van der Waals surface area contributed by atoms with Crippen molar-refractivity contribution in [3.63, 3.8) is 0 Å². The standard InChI is InChI=1S/C21H14BrCl2NO2S/c22-14-3-1-4-16(9-14)28-25(11-18-19(23)5-2-6-20(18)24)15-8-7-13-12-27-21(26)17(13)10-15/h1-10H,11-12H2. The van der Waals surface area contributed by atoms with Gasteiger partial charge in [0.25, 0.3) is 0 Å². The van der Waals surface area contributed by atoms with Crippen LogP contribution in [0.1, 0.15) is 21.5 Å². The summed E-state index contributed by atoms with van der Waals surface area (Å²) >= 11 is 17.9. The summed E-state index contributed by atoms with van der Waals surface area (Å²) in [6.07, 6.45) is 0. The molecule has 0 amide bonds. The Hall–Kier alpha value is -1.66. The molecule has 1 aliphatic heterocycles. The number of ether oxygens (including phenoxy) is 1. The molecule has 4 rings (SSSR count). The average Bonchev–Trinajstić information content (AvgIpc) is 3.04. The first-order chi connectivity index (χ1) is 13.5. The molecule has 7 heteroatoms. The van der Waals surface area contributed by atoms with Crippen LogP contribution in [0, 0.1) is 0 Å². The van der Waals surface area contributed by atoms with Crippen LogP contribution < -0.4 is 4.31 Å². The first-order valence-corrected chi connectivity index (χ1v) is 10.8. The van der Waals surface area contributed by atoms with Gasteiger partial charge in [-0.3, -0.25) is 0 Å². The minimum absolute atomic E-state index is 0.292. The molecule has 142 valence electrons. The molecule has 3 nitrogen and oxygen atoms in total. The van der Waals surface area contributed by atoms with E-state index < -0.39 is 0 Å². The number of carbonyl (C=O) groups is 1. The minimum Gasteiger partial charge on any atom is -0.457 e. The molecule has 0 saturated carbocycles. The Morgan fingerprint density at radius 3 is 2.54 bits per heavy atom. The van der Waals surface area contributed by atoms with E-state index in [0.29, 0.717) is 28.8 Å². The number of carbonyl (C=O) groups excluding carboxylic acids is 1. The average molecular weight is 495 g/mol. The summed E-state index contributed by atoms with van der Waals surface area (Å²) in [5.41, 5.74) is 3.20. The maximum absolute atomic E-state index is 12.0. The van der Waals surface area contributed by atoms with E-state index >= 15 is 0 Å². The lowest BCUT2D eigenvalue weighted by Crippen LogP contribution is -2.15. The number of hydrogen-bond donors (Lipinski definition) is 0. The lowest BCUT2D eigenvalue weighted by Gasteiger charge is -2.25. The minimum atomic E-state index is -0.292. The van der Waals surface area contributed by atoms with E-state index in [4.69, 9.17) is 27.9 Å². The molecule has 0 radical (unpaired) electrons. The highest BCUT2D eigenvalue weighted by molar-refractivity contribution is 9.10. The molecule has 0 unspecified atom stereocenters. The quantitative estimate of drug-likeness (QED) is 0.278. The second kappa shape index (κ2) is 8.37. The van der Waals surface area contributed by atoms with Crippen molar-refractivity contribution in [2.75, 3.05) is 4.31 Å². The van der Waals surface area contributed by atoms with Crippen molar-refractivity contribution < 1.29 is 9.53 Å². The van der Waals surface area contributed by atoms with Gasteiger partial charge in [-0.1, -0.05) is 57.3 Å². The molecular weight excluding hydrogens is 481 g/mol. The number of hydrogen-bond acceptors (Lipinski definition) is 4. The van der Waals surface area contributed by atoms with E-state index in [-0.39, 0.29) is 5.97 Å².